The van der Waals surface area contributed by atoms with Crippen LogP contribution in [-0.4, -0.2) is 25.3 Å². The van der Waals surface area contributed by atoms with Gasteiger partial charge in [-0.25, -0.2) is 4.79 Å². The van der Waals surface area contributed by atoms with E-state index < -0.39 is 6.10 Å². The minimum atomic E-state index is -0.502. The molecule has 3 nitrogen and oxygen atoms in total. The standard InChI is InChI=1S/C17H30O3/c1-4-6-7-8-9-10-11-12-13-15-20-17(18)16(3)19-14-5-2/h4-5,16H,1-2,6-15H2,3H3/t16-/m1/s1. The summed E-state index contributed by atoms with van der Waals surface area (Å²) in [6.45, 7) is 9.83. The first-order valence-electron chi connectivity index (χ1n) is 7.72. The van der Waals surface area contributed by atoms with Crippen LogP contribution in [0.2, 0.25) is 0 Å². The molecule has 0 fully saturated rings. The quantitative estimate of drug-likeness (QED) is 0.269. The second-order valence-electron chi connectivity index (χ2n) is 4.98. The molecule has 0 amide bonds. The Hall–Kier alpha value is -1.09. The summed E-state index contributed by atoms with van der Waals surface area (Å²) >= 11 is 0. The third-order valence-corrected chi connectivity index (χ3v) is 3.09. The van der Waals surface area contributed by atoms with Crippen molar-refractivity contribution >= 4 is 5.97 Å². The number of unbranched alkanes of at least 4 members (excludes halogenated alkanes) is 7. The van der Waals surface area contributed by atoms with Crippen molar-refractivity contribution in [2.24, 2.45) is 0 Å². The normalized spacial score (nSPS) is 11.8. The highest BCUT2D eigenvalue weighted by atomic mass is 16.6. The molecule has 0 aliphatic rings. The smallest absolute Gasteiger partial charge is 0.334 e. The third-order valence-electron chi connectivity index (χ3n) is 3.09. The van der Waals surface area contributed by atoms with Gasteiger partial charge in [-0.1, -0.05) is 44.3 Å². The molecule has 0 saturated carbocycles. The fourth-order valence-electron chi connectivity index (χ4n) is 1.85. The van der Waals surface area contributed by atoms with E-state index in [1.807, 2.05) is 6.08 Å². The average molecular weight is 282 g/mol. The Balaban J connectivity index is 3.28. The molecule has 0 bridgehead atoms. The molecule has 0 aliphatic heterocycles. The Morgan fingerprint density at radius 3 is 2.20 bits per heavy atom. The SMILES string of the molecule is C=CCCCCCCCCCOC(=O)[C@@H](C)OCC=C. The Bertz CT molecular complexity index is 261. The molecule has 20 heavy (non-hydrogen) atoms. The van der Waals surface area contributed by atoms with Crippen molar-refractivity contribution in [1.82, 2.24) is 0 Å². The fraction of sp³-hybridized carbons (Fsp3) is 0.706. The molecule has 0 N–H and O–H groups in total. The van der Waals surface area contributed by atoms with E-state index in [0.29, 0.717) is 13.2 Å². The number of rotatable bonds is 14. The number of ether oxygens (including phenoxy) is 2. The topological polar surface area (TPSA) is 35.5 Å². The van der Waals surface area contributed by atoms with Gasteiger partial charge >= 0.3 is 5.97 Å². The zero-order valence-electron chi connectivity index (χ0n) is 12.9. The van der Waals surface area contributed by atoms with Crippen molar-refractivity contribution in [3.8, 4) is 0 Å². The van der Waals surface area contributed by atoms with E-state index >= 15 is 0 Å². The predicted octanol–water partition coefficient (Wildman–Crippen LogP) is 4.43. The van der Waals surface area contributed by atoms with Crippen LogP contribution in [0.25, 0.3) is 0 Å². The lowest BCUT2D eigenvalue weighted by molar-refractivity contribution is -0.155. The monoisotopic (exact) mass is 282 g/mol. The summed E-state index contributed by atoms with van der Waals surface area (Å²) in [6, 6.07) is 0. The molecule has 0 spiro atoms. The van der Waals surface area contributed by atoms with Crippen molar-refractivity contribution < 1.29 is 14.3 Å². The lowest BCUT2D eigenvalue weighted by Crippen LogP contribution is -2.23. The first-order valence-corrected chi connectivity index (χ1v) is 7.72. The molecule has 0 rings (SSSR count). The summed E-state index contributed by atoms with van der Waals surface area (Å²) in [7, 11) is 0. The van der Waals surface area contributed by atoms with Crippen LogP contribution in [0.4, 0.5) is 0 Å². The minimum absolute atomic E-state index is 0.281. The van der Waals surface area contributed by atoms with Crippen molar-refractivity contribution in [1.29, 1.82) is 0 Å². The summed E-state index contributed by atoms with van der Waals surface area (Å²) in [5.74, 6) is -0.281. The Labute approximate surface area is 124 Å². The van der Waals surface area contributed by atoms with E-state index in [4.69, 9.17) is 9.47 Å². The van der Waals surface area contributed by atoms with Crippen LogP contribution in [0.5, 0.6) is 0 Å². The lowest BCUT2D eigenvalue weighted by Gasteiger charge is -2.11. The number of carbonyl (C=O) groups excluding carboxylic acids is 1. The van der Waals surface area contributed by atoms with E-state index in [0.717, 1.165) is 19.3 Å². The zero-order valence-corrected chi connectivity index (χ0v) is 12.9. The number of hydrogen-bond donors (Lipinski definition) is 0. The predicted molar refractivity (Wildman–Crippen MR) is 83.7 cm³/mol. The van der Waals surface area contributed by atoms with Crippen molar-refractivity contribution in [3.05, 3.63) is 25.3 Å². The summed E-state index contributed by atoms with van der Waals surface area (Å²) in [4.78, 5) is 11.5. The zero-order chi connectivity index (χ0) is 15.1. The van der Waals surface area contributed by atoms with Crippen molar-refractivity contribution in [3.63, 3.8) is 0 Å². The van der Waals surface area contributed by atoms with Crippen LogP contribution >= 0.6 is 0 Å². The molecule has 0 aliphatic carbocycles. The van der Waals surface area contributed by atoms with E-state index in [2.05, 4.69) is 13.2 Å². The van der Waals surface area contributed by atoms with Crippen molar-refractivity contribution in [2.75, 3.05) is 13.2 Å². The largest absolute Gasteiger partial charge is 0.464 e. The first-order chi connectivity index (χ1) is 9.72. The molecule has 0 heterocycles. The summed E-state index contributed by atoms with van der Waals surface area (Å²) < 4.78 is 10.3. The van der Waals surface area contributed by atoms with Gasteiger partial charge in [-0.3, -0.25) is 0 Å². The maximum absolute atomic E-state index is 11.5. The molecule has 1 atom stereocenters. The molecule has 3 heteroatoms. The summed E-state index contributed by atoms with van der Waals surface area (Å²) in [6.07, 6.45) is 12.6. The second kappa shape index (κ2) is 14.3. The van der Waals surface area contributed by atoms with Gasteiger partial charge in [-0.2, -0.15) is 0 Å². The van der Waals surface area contributed by atoms with Crippen LogP contribution < -0.4 is 0 Å². The van der Waals surface area contributed by atoms with Gasteiger partial charge in [0.1, 0.15) is 0 Å². The first kappa shape index (κ1) is 18.9. The van der Waals surface area contributed by atoms with Gasteiger partial charge in [0.25, 0.3) is 0 Å². The van der Waals surface area contributed by atoms with E-state index in [1.165, 1.54) is 32.1 Å². The molecule has 116 valence electrons. The van der Waals surface area contributed by atoms with E-state index in [9.17, 15) is 4.79 Å². The molecule has 0 unspecified atom stereocenters. The molecule has 0 saturated heterocycles. The molecule has 0 aromatic rings. The maximum Gasteiger partial charge on any atom is 0.334 e. The van der Waals surface area contributed by atoms with Crippen LogP contribution in [0.15, 0.2) is 25.3 Å². The molecular weight excluding hydrogens is 252 g/mol. The van der Waals surface area contributed by atoms with Crippen LogP contribution in [0, 0.1) is 0 Å². The lowest BCUT2D eigenvalue weighted by atomic mass is 10.1. The highest BCUT2D eigenvalue weighted by Gasteiger charge is 2.13. The minimum Gasteiger partial charge on any atom is -0.464 e. The molecule has 0 aromatic carbocycles. The number of allylic oxidation sites excluding steroid dienone is 1. The van der Waals surface area contributed by atoms with E-state index in [-0.39, 0.29) is 5.97 Å². The van der Waals surface area contributed by atoms with Gasteiger partial charge in [0.05, 0.1) is 13.2 Å². The van der Waals surface area contributed by atoms with Crippen LogP contribution in [-0.2, 0) is 14.3 Å². The highest BCUT2D eigenvalue weighted by Crippen LogP contribution is 2.09. The van der Waals surface area contributed by atoms with Crippen LogP contribution in [0.1, 0.15) is 58.3 Å². The van der Waals surface area contributed by atoms with Gasteiger partial charge in [-0.05, 0) is 26.2 Å². The van der Waals surface area contributed by atoms with Gasteiger partial charge in [-0.15, -0.1) is 13.2 Å². The average Bonchev–Trinajstić information content (AvgIpc) is 2.46. The Morgan fingerprint density at radius 2 is 1.60 bits per heavy atom. The fourth-order valence-corrected chi connectivity index (χ4v) is 1.85. The van der Waals surface area contributed by atoms with Gasteiger partial charge in [0, 0.05) is 0 Å². The summed E-state index contributed by atoms with van der Waals surface area (Å²) in [5.41, 5.74) is 0. The number of esters is 1. The maximum atomic E-state index is 11.5. The Morgan fingerprint density at radius 1 is 1.00 bits per heavy atom. The number of hydrogen-bond acceptors (Lipinski definition) is 3. The van der Waals surface area contributed by atoms with Gasteiger partial charge in [0.2, 0.25) is 0 Å². The van der Waals surface area contributed by atoms with Gasteiger partial charge in [0.15, 0.2) is 6.10 Å². The Kier molecular flexibility index (Phi) is 13.5. The second-order valence-corrected chi connectivity index (χ2v) is 4.98. The van der Waals surface area contributed by atoms with Gasteiger partial charge < -0.3 is 9.47 Å². The molecule has 0 radical (unpaired) electrons. The summed E-state index contributed by atoms with van der Waals surface area (Å²) in [5, 5.41) is 0. The van der Waals surface area contributed by atoms with Crippen molar-refractivity contribution in [2.45, 2.75) is 64.4 Å². The van der Waals surface area contributed by atoms with E-state index in [1.54, 1.807) is 13.0 Å². The van der Waals surface area contributed by atoms with Crippen LogP contribution in [0.3, 0.4) is 0 Å². The third kappa shape index (κ3) is 12.0. The molecular formula is C17H30O3. The molecule has 0 aromatic heterocycles. The number of carbonyl (C=O) groups is 1. The highest BCUT2D eigenvalue weighted by molar-refractivity contribution is 5.74.